The third-order valence-corrected chi connectivity index (χ3v) is 10.2. The Labute approximate surface area is 293 Å². The van der Waals surface area contributed by atoms with Crippen molar-refractivity contribution in [3.8, 4) is 33.4 Å². The smallest absolute Gasteiger partial charge is 0.159 e. The van der Waals surface area contributed by atoms with Crippen LogP contribution in [-0.2, 0) is 5.41 Å². The molecule has 240 valence electrons. The van der Waals surface area contributed by atoms with Crippen LogP contribution in [0.4, 0.5) is 0 Å². The lowest BCUT2D eigenvalue weighted by Gasteiger charge is -2.25. The van der Waals surface area contributed by atoms with E-state index in [9.17, 15) is 0 Å². The van der Waals surface area contributed by atoms with E-state index in [-0.39, 0.29) is 11.6 Å². The molecular formula is C46H36N4. The van der Waals surface area contributed by atoms with Gasteiger partial charge in [-0.1, -0.05) is 129 Å². The highest BCUT2D eigenvalue weighted by atomic mass is 15.2. The lowest BCUT2D eigenvalue weighted by atomic mass is 9.80. The molecule has 1 N–H and O–H groups in total. The van der Waals surface area contributed by atoms with E-state index in [2.05, 4.69) is 145 Å². The van der Waals surface area contributed by atoms with Gasteiger partial charge in [0.25, 0.3) is 0 Å². The van der Waals surface area contributed by atoms with Gasteiger partial charge in [-0.15, -0.1) is 0 Å². The van der Waals surface area contributed by atoms with Crippen LogP contribution < -0.4 is 5.32 Å². The number of aromatic nitrogens is 1. The van der Waals surface area contributed by atoms with Crippen molar-refractivity contribution in [2.75, 3.05) is 0 Å². The van der Waals surface area contributed by atoms with Gasteiger partial charge in [0, 0.05) is 34.0 Å². The summed E-state index contributed by atoms with van der Waals surface area (Å²) in [7, 11) is 0. The monoisotopic (exact) mass is 644 g/mol. The van der Waals surface area contributed by atoms with Crippen molar-refractivity contribution in [2.45, 2.75) is 32.4 Å². The first kappa shape index (κ1) is 30.0. The molecule has 7 aromatic rings. The quantitative estimate of drug-likeness (QED) is 0.203. The number of hydrogen-bond acceptors (Lipinski definition) is 4. The van der Waals surface area contributed by atoms with E-state index in [1.165, 1.54) is 38.6 Å². The molecule has 0 spiro atoms. The SMILES string of the molecule is Cc1ccc(-c2cc(C3=NC(c4ccccc4)=NC(c4ccccc4)N3)cc(-c3cc4c(c5ccccc35)-c3ccccc3C4(C)C)c2)cn1. The van der Waals surface area contributed by atoms with Gasteiger partial charge in [-0.25, -0.2) is 9.98 Å². The van der Waals surface area contributed by atoms with Crippen LogP contribution in [-0.4, -0.2) is 16.7 Å². The van der Waals surface area contributed by atoms with Gasteiger partial charge in [0.2, 0.25) is 0 Å². The minimum Gasteiger partial charge on any atom is -0.344 e. The number of benzene rings is 6. The molecule has 1 atom stereocenters. The van der Waals surface area contributed by atoms with Gasteiger partial charge in [-0.05, 0) is 92.5 Å². The second-order valence-corrected chi connectivity index (χ2v) is 13.8. The summed E-state index contributed by atoms with van der Waals surface area (Å²) in [6, 6.07) is 51.9. The van der Waals surface area contributed by atoms with Crippen LogP contribution in [0.1, 0.15) is 53.5 Å². The van der Waals surface area contributed by atoms with E-state index >= 15 is 0 Å². The van der Waals surface area contributed by atoms with Crippen LogP contribution in [0, 0.1) is 6.92 Å². The Kier molecular flexibility index (Phi) is 7.06. The number of hydrogen-bond donors (Lipinski definition) is 1. The Morgan fingerprint density at radius 1 is 0.560 bits per heavy atom. The first-order chi connectivity index (χ1) is 24.4. The van der Waals surface area contributed by atoms with Gasteiger partial charge in [0.05, 0.1) is 0 Å². The van der Waals surface area contributed by atoms with Crippen molar-refractivity contribution in [1.29, 1.82) is 0 Å². The molecule has 1 aromatic heterocycles. The Balaban J connectivity index is 1.28. The first-order valence-corrected chi connectivity index (χ1v) is 17.2. The molecule has 0 saturated carbocycles. The fourth-order valence-corrected chi connectivity index (χ4v) is 7.63. The molecule has 6 aromatic carbocycles. The zero-order chi connectivity index (χ0) is 33.8. The standard InChI is InChI=1S/C46H36N4/c1-29-22-23-32(28-47-29)33-24-34(39-27-41-42(37-19-11-10-18-36(37)39)38-20-12-13-21-40(38)46(41,2)3)26-35(25-33)45-49-43(30-14-6-4-7-15-30)48-44(50-45)31-16-8-5-9-17-31/h4-28,43H,1-3H3,(H,48,49,50). The molecule has 9 rings (SSSR count). The molecule has 0 radical (unpaired) electrons. The van der Waals surface area contributed by atoms with Crippen molar-refractivity contribution >= 4 is 22.4 Å². The molecule has 0 bridgehead atoms. The molecule has 1 unspecified atom stereocenters. The van der Waals surface area contributed by atoms with Crippen LogP contribution in [0.5, 0.6) is 0 Å². The Morgan fingerprint density at radius 2 is 1.24 bits per heavy atom. The number of nitrogens with one attached hydrogen (secondary N) is 1. The van der Waals surface area contributed by atoms with Crippen molar-refractivity contribution in [1.82, 2.24) is 10.3 Å². The van der Waals surface area contributed by atoms with Gasteiger partial charge in [-0.3, -0.25) is 4.98 Å². The number of aliphatic imine (C=N–C) groups is 2. The fraction of sp³-hybridized carbons (Fsp3) is 0.109. The first-order valence-electron chi connectivity index (χ1n) is 17.2. The normalized spacial score (nSPS) is 15.9. The average molecular weight is 645 g/mol. The van der Waals surface area contributed by atoms with Gasteiger partial charge in [0.1, 0.15) is 12.0 Å². The predicted octanol–water partition coefficient (Wildman–Crippen LogP) is 10.7. The largest absolute Gasteiger partial charge is 0.344 e. The molecule has 2 heterocycles. The summed E-state index contributed by atoms with van der Waals surface area (Å²) in [6.45, 7) is 6.73. The van der Waals surface area contributed by atoms with Crippen LogP contribution in [0.15, 0.2) is 162 Å². The van der Waals surface area contributed by atoms with E-state index in [1.807, 2.05) is 37.4 Å². The Bertz CT molecular complexity index is 2480. The summed E-state index contributed by atoms with van der Waals surface area (Å²) in [5, 5.41) is 6.21. The summed E-state index contributed by atoms with van der Waals surface area (Å²) in [6.07, 6.45) is 1.69. The number of rotatable bonds is 5. The molecule has 50 heavy (non-hydrogen) atoms. The maximum atomic E-state index is 5.19. The molecule has 4 nitrogen and oxygen atoms in total. The summed E-state index contributed by atoms with van der Waals surface area (Å²) < 4.78 is 0. The molecule has 0 fully saturated rings. The van der Waals surface area contributed by atoms with Crippen molar-refractivity contribution < 1.29 is 0 Å². The maximum Gasteiger partial charge on any atom is 0.159 e. The number of fused-ring (bicyclic) bond motifs is 5. The molecule has 1 aliphatic carbocycles. The van der Waals surface area contributed by atoms with Gasteiger partial charge >= 0.3 is 0 Å². The minimum absolute atomic E-state index is 0.134. The molecular weight excluding hydrogens is 609 g/mol. The zero-order valence-corrected chi connectivity index (χ0v) is 28.4. The van der Waals surface area contributed by atoms with E-state index in [0.717, 1.165) is 44.9 Å². The minimum atomic E-state index is -0.285. The Hall–Kier alpha value is -6.13. The summed E-state index contributed by atoms with van der Waals surface area (Å²) in [5.74, 6) is 1.49. The van der Waals surface area contributed by atoms with E-state index in [0.29, 0.717) is 5.84 Å². The van der Waals surface area contributed by atoms with Crippen LogP contribution in [0.25, 0.3) is 44.2 Å². The molecule has 4 heteroatoms. The molecule has 0 amide bonds. The highest BCUT2D eigenvalue weighted by molar-refractivity contribution is 6.14. The van der Waals surface area contributed by atoms with Crippen molar-refractivity contribution in [3.05, 3.63) is 185 Å². The van der Waals surface area contributed by atoms with Gasteiger partial charge < -0.3 is 5.32 Å². The lowest BCUT2D eigenvalue weighted by molar-refractivity contribution is 0.661. The fourth-order valence-electron chi connectivity index (χ4n) is 7.63. The third kappa shape index (κ3) is 5.03. The molecule has 2 aliphatic rings. The highest BCUT2D eigenvalue weighted by Gasteiger charge is 2.37. The molecule has 0 saturated heterocycles. The zero-order valence-electron chi connectivity index (χ0n) is 28.4. The summed E-state index contributed by atoms with van der Waals surface area (Å²) in [5.41, 5.74) is 13.8. The number of nitrogens with zero attached hydrogens (tertiary/aromatic N) is 3. The van der Waals surface area contributed by atoms with Crippen LogP contribution >= 0.6 is 0 Å². The van der Waals surface area contributed by atoms with E-state index in [4.69, 9.17) is 9.98 Å². The van der Waals surface area contributed by atoms with E-state index < -0.39 is 0 Å². The highest BCUT2D eigenvalue weighted by Crippen LogP contribution is 2.53. The Morgan fingerprint density at radius 3 is 2.02 bits per heavy atom. The lowest BCUT2D eigenvalue weighted by Crippen LogP contribution is -2.33. The summed E-state index contributed by atoms with van der Waals surface area (Å²) >= 11 is 0. The van der Waals surface area contributed by atoms with Gasteiger partial charge in [0.15, 0.2) is 5.84 Å². The number of amidine groups is 2. The molecule has 1 aliphatic heterocycles. The van der Waals surface area contributed by atoms with Crippen molar-refractivity contribution in [3.63, 3.8) is 0 Å². The second kappa shape index (κ2) is 11.8. The van der Waals surface area contributed by atoms with Crippen molar-refractivity contribution in [2.24, 2.45) is 9.98 Å². The average Bonchev–Trinajstić information content (AvgIpc) is 3.41. The van der Waals surface area contributed by atoms with E-state index in [1.54, 1.807) is 0 Å². The summed E-state index contributed by atoms with van der Waals surface area (Å²) in [4.78, 5) is 15.0. The number of aryl methyl sites for hydroxylation is 1. The van der Waals surface area contributed by atoms with Gasteiger partial charge in [-0.2, -0.15) is 0 Å². The maximum absolute atomic E-state index is 5.19. The van der Waals surface area contributed by atoms with Crippen LogP contribution in [0.2, 0.25) is 0 Å². The number of pyridine rings is 1. The predicted molar refractivity (Wildman–Crippen MR) is 207 cm³/mol. The topological polar surface area (TPSA) is 49.6 Å². The van der Waals surface area contributed by atoms with Crippen LogP contribution in [0.3, 0.4) is 0 Å². The second-order valence-electron chi connectivity index (χ2n) is 13.8. The third-order valence-electron chi connectivity index (χ3n) is 10.2.